The van der Waals surface area contributed by atoms with Gasteiger partial charge in [-0.15, -0.1) is 11.3 Å². The summed E-state index contributed by atoms with van der Waals surface area (Å²) in [4.78, 5) is 38.6. The first kappa shape index (κ1) is 19.0. The number of benzene rings is 1. The Labute approximate surface area is 157 Å². The Morgan fingerprint density at radius 3 is 2.74 bits per heavy atom. The number of amides is 2. The molecule has 0 saturated carbocycles. The van der Waals surface area contributed by atoms with E-state index in [1.165, 1.54) is 22.3 Å². The van der Waals surface area contributed by atoms with Crippen LogP contribution in [0, 0.1) is 11.6 Å². The third kappa shape index (κ3) is 4.48. The molecular formula is C18H16F2N2O4S. The van der Waals surface area contributed by atoms with Crippen molar-refractivity contribution >= 4 is 34.8 Å². The summed E-state index contributed by atoms with van der Waals surface area (Å²) in [5.74, 6) is -3.73. The standard InChI is InChI=1S/C18H16F2N2O4S/c19-12-6-5-11(9-13(12)20)21-16(23)10-26-18(25)14-3-1-7-22(14)17(24)15-4-2-8-27-15/h2,4-6,8-9,14H,1,3,7,10H2,(H,21,23)/t14-/m0/s1. The number of carbonyl (C=O) groups is 3. The summed E-state index contributed by atoms with van der Waals surface area (Å²) in [6, 6.07) is 5.59. The molecule has 1 aliphatic heterocycles. The molecule has 0 radical (unpaired) electrons. The zero-order valence-corrected chi connectivity index (χ0v) is 14.9. The van der Waals surface area contributed by atoms with E-state index in [0.29, 0.717) is 24.3 Å². The summed E-state index contributed by atoms with van der Waals surface area (Å²) in [5.41, 5.74) is 0.0466. The van der Waals surface area contributed by atoms with Gasteiger partial charge in [0.15, 0.2) is 18.2 Å². The molecule has 0 bridgehead atoms. The van der Waals surface area contributed by atoms with Crippen molar-refractivity contribution in [2.75, 3.05) is 18.5 Å². The lowest BCUT2D eigenvalue weighted by Gasteiger charge is -2.22. The minimum absolute atomic E-state index is 0.0466. The highest BCUT2D eigenvalue weighted by atomic mass is 32.1. The molecule has 3 rings (SSSR count). The smallest absolute Gasteiger partial charge is 0.329 e. The lowest BCUT2D eigenvalue weighted by Crippen LogP contribution is -2.41. The second kappa shape index (κ2) is 8.26. The summed E-state index contributed by atoms with van der Waals surface area (Å²) in [5, 5.41) is 4.09. The van der Waals surface area contributed by atoms with Gasteiger partial charge < -0.3 is 15.0 Å². The number of rotatable bonds is 5. The van der Waals surface area contributed by atoms with Crippen molar-refractivity contribution in [1.82, 2.24) is 4.90 Å². The number of esters is 1. The van der Waals surface area contributed by atoms with Crippen molar-refractivity contribution in [2.24, 2.45) is 0 Å². The predicted molar refractivity (Wildman–Crippen MR) is 94.3 cm³/mol. The summed E-state index contributed by atoms with van der Waals surface area (Å²) in [7, 11) is 0. The quantitative estimate of drug-likeness (QED) is 0.792. The normalized spacial score (nSPS) is 16.2. The Morgan fingerprint density at radius 1 is 1.22 bits per heavy atom. The largest absolute Gasteiger partial charge is 0.454 e. The van der Waals surface area contributed by atoms with Gasteiger partial charge in [-0.2, -0.15) is 0 Å². The van der Waals surface area contributed by atoms with E-state index in [1.54, 1.807) is 17.5 Å². The lowest BCUT2D eigenvalue weighted by atomic mass is 10.2. The Hall–Kier alpha value is -2.81. The highest BCUT2D eigenvalue weighted by Crippen LogP contribution is 2.23. The average Bonchev–Trinajstić information content (AvgIpc) is 3.34. The monoisotopic (exact) mass is 394 g/mol. The zero-order valence-electron chi connectivity index (χ0n) is 14.1. The van der Waals surface area contributed by atoms with Crippen LogP contribution in [0.4, 0.5) is 14.5 Å². The van der Waals surface area contributed by atoms with Crippen LogP contribution in [0.2, 0.25) is 0 Å². The molecule has 142 valence electrons. The summed E-state index contributed by atoms with van der Waals surface area (Å²) in [6.07, 6.45) is 1.12. The Morgan fingerprint density at radius 2 is 2.04 bits per heavy atom. The number of ether oxygens (including phenoxy) is 1. The van der Waals surface area contributed by atoms with Gasteiger partial charge in [-0.05, 0) is 36.4 Å². The van der Waals surface area contributed by atoms with E-state index in [1.807, 2.05) is 0 Å². The van der Waals surface area contributed by atoms with Crippen molar-refractivity contribution in [3.63, 3.8) is 0 Å². The fourth-order valence-electron chi connectivity index (χ4n) is 2.80. The molecule has 2 heterocycles. The van der Waals surface area contributed by atoms with Crippen LogP contribution in [0.5, 0.6) is 0 Å². The van der Waals surface area contributed by atoms with Gasteiger partial charge in [0.2, 0.25) is 0 Å². The number of nitrogens with one attached hydrogen (secondary N) is 1. The van der Waals surface area contributed by atoms with Crippen molar-refractivity contribution in [3.8, 4) is 0 Å². The van der Waals surface area contributed by atoms with E-state index in [4.69, 9.17) is 4.74 Å². The van der Waals surface area contributed by atoms with E-state index in [0.717, 1.165) is 12.1 Å². The molecule has 0 spiro atoms. The first-order valence-electron chi connectivity index (χ1n) is 8.21. The van der Waals surface area contributed by atoms with Gasteiger partial charge in [0.05, 0.1) is 4.88 Å². The molecule has 0 unspecified atom stereocenters. The maximum absolute atomic E-state index is 13.1. The molecule has 1 aromatic carbocycles. The van der Waals surface area contributed by atoms with Crippen LogP contribution in [-0.4, -0.2) is 41.9 Å². The van der Waals surface area contributed by atoms with Crippen molar-refractivity contribution < 1.29 is 27.9 Å². The van der Waals surface area contributed by atoms with Gasteiger partial charge in [-0.3, -0.25) is 9.59 Å². The number of thiophene rings is 1. The maximum Gasteiger partial charge on any atom is 0.329 e. The van der Waals surface area contributed by atoms with E-state index < -0.39 is 36.2 Å². The fourth-order valence-corrected chi connectivity index (χ4v) is 3.48. The molecule has 27 heavy (non-hydrogen) atoms. The maximum atomic E-state index is 13.1. The van der Waals surface area contributed by atoms with Gasteiger partial charge in [-0.25, -0.2) is 13.6 Å². The Balaban J connectivity index is 1.54. The van der Waals surface area contributed by atoms with Crippen LogP contribution >= 0.6 is 11.3 Å². The first-order valence-corrected chi connectivity index (χ1v) is 9.09. The van der Waals surface area contributed by atoms with E-state index in [9.17, 15) is 23.2 Å². The van der Waals surface area contributed by atoms with Crippen LogP contribution in [0.3, 0.4) is 0 Å². The molecule has 0 aliphatic carbocycles. The summed E-state index contributed by atoms with van der Waals surface area (Å²) in [6.45, 7) is -0.146. The molecule has 1 aliphatic rings. The summed E-state index contributed by atoms with van der Waals surface area (Å²) >= 11 is 1.29. The highest BCUT2D eigenvalue weighted by Gasteiger charge is 2.36. The van der Waals surface area contributed by atoms with Crippen LogP contribution in [0.15, 0.2) is 35.7 Å². The van der Waals surface area contributed by atoms with Gasteiger partial charge in [0, 0.05) is 18.3 Å². The highest BCUT2D eigenvalue weighted by molar-refractivity contribution is 7.12. The van der Waals surface area contributed by atoms with Gasteiger partial charge in [0.25, 0.3) is 11.8 Å². The predicted octanol–water partition coefficient (Wildman–Crippen LogP) is 2.81. The SMILES string of the molecule is O=C(COC(=O)[C@@H]1CCCN1C(=O)c1cccs1)Nc1ccc(F)c(F)c1. The number of nitrogens with zero attached hydrogens (tertiary/aromatic N) is 1. The molecule has 2 aromatic rings. The third-order valence-corrected chi connectivity index (χ3v) is 4.92. The second-order valence-corrected chi connectivity index (χ2v) is 6.87. The minimum atomic E-state index is -1.10. The second-order valence-electron chi connectivity index (χ2n) is 5.92. The molecule has 1 atom stereocenters. The van der Waals surface area contributed by atoms with Gasteiger partial charge >= 0.3 is 5.97 Å². The van der Waals surface area contributed by atoms with Crippen molar-refractivity contribution in [1.29, 1.82) is 0 Å². The van der Waals surface area contributed by atoms with Crippen LogP contribution in [0.1, 0.15) is 22.5 Å². The van der Waals surface area contributed by atoms with Gasteiger partial charge in [-0.1, -0.05) is 6.07 Å². The molecule has 1 saturated heterocycles. The van der Waals surface area contributed by atoms with Crippen molar-refractivity contribution in [2.45, 2.75) is 18.9 Å². The van der Waals surface area contributed by atoms with Crippen LogP contribution < -0.4 is 5.32 Å². The fraction of sp³-hybridized carbons (Fsp3) is 0.278. The number of anilines is 1. The molecule has 1 aromatic heterocycles. The zero-order chi connectivity index (χ0) is 19.4. The molecular weight excluding hydrogens is 378 g/mol. The Kier molecular flexibility index (Phi) is 5.80. The van der Waals surface area contributed by atoms with Crippen LogP contribution in [-0.2, 0) is 14.3 Å². The van der Waals surface area contributed by atoms with Crippen LogP contribution in [0.25, 0.3) is 0 Å². The molecule has 2 amide bonds. The van der Waals surface area contributed by atoms with E-state index in [-0.39, 0.29) is 11.6 Å². The average molecular weight is 394 g/mol. The molecule has 1 fully saturated rings. The number of likely N-dealkylation sites (tertiary alicyclic amines) is 1. The summed E-state index contributed by atoms with van der Waals surface area (Å²) < 4.78 is 31.0. The molecule has 9 heteroatoms. The van der Waals surface area contributed by atoms with E-state index >= 15 is 0 Å². The Bertz CT molecular complexity index is 857. The number of halogens is 2. The number of carbonyl (C=O) groups excluding carboxylic acids is 3. The molecule has 6 nitrogen and oxygen atoms in total. The topological polar surface area (TPSA) is 75.7 Å². The van der Waals surface area contributed by atoms with Gasteiger partial charge in [0.1, 0.15) is 6.04 Å². The van der Waals surface area contributed by atoms with Crippen molar-refractivity contribution in [3.05, 3.63) is 52.2 Å². The van der Waals surface area contributed by atoms with E-state index in [2.05, 4.69) is 5.32 Å². The first-order chi connectivity index (χ1) is 13.0. The number of hydrogen-bond acceptors (Lipinski definition) is 5. The minimum Gasteiger partial charge on any atom is -0.454 e. The lowest BCUT2D eigenvalue weighted by molar-refractivity contribution is -0.151. The number of hydrogen-bond donors (Lipinski definition) is 1. The third-order valence-electron chi connectivity index (χ3n) is 4.07. The molecule has 1 N–H and O–H groups in total.